The SMILES string of the molecule is O=C(NCCC1CC2(CCC2)CO1)c1ccc2cc[nH]c(=O)c2n1. The normalized spacial score (nSPS) is 21.8. The molecule has 2 aromatic heterocycles. The standard InChI is InChI=1S/C18H21N3O3/c22-16(14-3-2-12-4-8-20-17(23)15(12)21-14)19-9-5-13-10-18(11-24-13)6-1-7-18/h2-4,8,13H,1,5-7,9-11H2,(H,19,22)(H,20,23). The fourth-order valence-electron chi connectivity index (χ4n) is 3.73. The van der Waals surface area contributed by atoms with Crippen LogP contribution in [0.15, 0.2) is 29.2 Å². The third-order valence-electron chi connectivity index (χ3n) is 5.30. The van der Waals surface area contributed by atoms with Crippen molar-refractivity contribution in [2.24, 2.45) is 5.41 Å². The lowest BCUT2D eigenvalue weighted by molar-refractivity contribution is 0.0656. The largest absolute Gasteiger partial charge is 0.378 e. The molecule has 126 valence electrons. The van der Waals surface area contributed by atoms with Crippen LogP contribution >= 0.6 is 0 Å². The Morgan fingerprint density at radius 1 is 1.38 bits per heavy atom. The van der Waals surface area contributed by atoms with E-state index in [1.54, 1.807) is 24.4 Å². The van der Waals surface area contributed by atoms with E-state index in [1.807, 2.05) is 0 Å². The van der Waals surface area contributed by atoms with Crippen LogP contribution in [0.1, 0.15) is 42.6 Å². The molecule has 1 saturated heterocycles. The number of H-pyrrole nitrogens is 1. The quantitative estimate of drug-likeness (QED) is 0.899. The van der Waals surface area contributed by atoms with E-state index in [0.29, 0.717) is 12.0 Å². The number of pyridine rings is 2. The summed E-state index contributed by atoms with van der Waals surface area (Å²) < 4.78 is 5.86. The molecule has 1 aliphatic heterocycles. The summed E-state index contributed by atoms with van der Waals surface area (Å²) in [4.78, 5) is 30.8. The molecule has 1 unspecified atom stereocenters. The van der Waals surface area contributed by atoms with Crippen molar-refractivity contribution in [2.75, 3.05) is 13.2 Å². The van der Waals surface area contributed by atoms with Gasteiger partial charge in [0.25, 0.3) is 11.5 Å². The summed E-state index contributed by atoms with van der Waals surface area (Å²) in [6.07, 6.45) is 7.64. The molecule has 1 spiro atoms. The van der Waals surface area contributed by atoms with Crippen LogP contribution in [0.5, 0.6) is 0 Å². The second kappa shape index (κ2) is 6.02. The van der Waals surface area contributed by atoms with Crippen LogP contribution in [0.3, 0.4) is 0 Å². The van der Waals surface area contributed by atoms with Gasteiger partial charge in [-0.25, -0.2) is 4.98 Å². The summed E-state index contributed by atoms with van der Waals surface area (Å²) in [6.45, 7) is 1.44. The first-order valence-corrected chi connectivity index (χ1v) is 8.54. The first kappa shape index (κ1) is 15.3. The van der Waals surface area contributed by atoms with E-state index in [-0.39, 0.29) is 28.8 Å². The highest BCUT2D eigenvalue weighted by Gasteiger charge is 2.44. The molecule has 2 N–H and O–H groups in total. The number of nitrogens with zero attached hydrogens (tertiary/aromatic N) is 1. The Kier molecular flexibility index (Phi) is 3.84. The lowest BCUT2D eigenvalue weighted by Gasteiger charge is -2.36. The fourth-order valence-corrected chi connectivity index (χ4v) is 3.73. The number of aromatic amines is 1. The van der Waals surface area contributed by atoms with Crippen molar-refractivity contribution in [3.8, 4) is 0 Å². The fraction of sp³-hybridized carbons (Fsp3) is 0.500. The van der Waals surface area contributed by atoms with Crippen molar-refractivity contribution in [1.29, 1.82) is 0 Å². The molecule has 6 nitrogen and oxygen atoms in total. The first-order valence-electron chi connectivity index (χ1n) is 8.54. The van der Waals surface area contributed by atoms with Crippen molar-refractivity contribution in [3.05, 3.63) is 40.4 Å². The van der Waals surface area contributed by atoms with Gasteiger partial charge in [0.15, 0.2) is 0 Å². The highest BCUT2D eigenvalue weighted by molar-refractivity contribution is 5.94. The Bertz CT molecular complexity index is 826. The zero-order valence-corrected chi connectivity index (χ0v) is 13.5. The maximum atomic E-state index is 12.2. The van der Waals surface area contributed by atoms with Crippen LogP contribution in [0.4, 0.5) is 0 Å². The van der Waals surface area contributed by atoms with E-state index in [4.69, 9.17) is 4.74 Å². The summed E-state index contributed by atoms with van der Waals surface area (Å²) in [5.41, 5.74) is 0.709. The number of aromatic nitrogens is 2. The molecule has 3 heterocycles. The van der Waals surface area contributed by atoms with Gasteiger partial charge < -0.3 is 15.0 Å². The van der Waals surface area contributed by atoms with Crippen molar-refractivity contribution in [2.45, 2.75) is 38.2 Å². The van der Waals surface area contributed by atoms with Crippen molar-refractivity contribution >= 4 is 16.8 Å². The third-order valence-corrected chi connectivity index (χ3v) is 5.30. The van der Waals surface area contributed by atoms with Gasteiger partial charge >= 0.3 is 0 Å². The molecule has 2 aliphatic rings. The minimum absolute atomic E-state index is 0.248. The molecule has 24 heavy (non-hydrogen) atoms. The Hall–Kier alpha value is -2.21. The lowest BCUT2D eigenvalue weighted by atomic mass is 9.67. The van der Waals surface area contributed by atoms with Crippen molar-refractivity contribution in [3.63, 3.8) is 0 Å². The molecule has 1 aliphatic carbocycles. The molecule has 2 aromatic rings. The van der Waals surface area contributed by atoms with Crippen LogP contribution < -0.4 is 10.9 Å². The average molecular weight is 327 g/mol. The van der Waals surface area contributed by atoms with Gasteiger partial charge in [0.2, 0.25) is 0 Å². The van der Waals surface area contributed by atoms with Gasteiger partial charge in [-0.1, -0.05) is 12.5 Å². The van der Waals surface area contributed by atoms with Gasteiger partial charge in [-0.3, -0.25) is 9.59 Å². The summed E-state index contributed by atoms with van der Waals surface area (Å²) in [5, 5.41) is 3.60. The molecule has 0 radical (unpaired) electrons. The highest BCUT2D eigenvalue weighted by Crippen LogP contribution is 2.49. The number of carbonyl (C=O) groups is 1. The van der Waals surface area contributed by atoms with Gasteiger partial charge in [0, 0.05) is 18.1 Å². The van der Waals surface area contributed by atoms with Gasteiger partial charge in [-0.2, -0.15) is 0 Å². The van der Waals surface area contributed by atoms with E-state index in [9.17, 15) is 9.59 Å². The first-order chi connectivity index (χ1) is 11.7. The maximum Gasteiger partial charge on any atom is 0.274 e. The molecule has 4 rings (SSSR count). The van der Waals surface area contributed by atoms with E-state index >= 15 is 0 Å². The third kappa shape index (κ3) is 2.82. The van der Waals surface area contributed by atoms with Crippen LogP contribution in [-0.2, 0) is 4.74 Å². The van der Waals surface area contributed by atoms with E-state index in [1.165, 1.54) is 19.3 Å². The summed E-state index contributed by atoms with van der Waals surface area (Å²) in [6, 6.07) is 5.15. The topological polar surface area (TPSA) is 84.1 Å². The number of rotatable bonds is 4. The highest BCUT2D eigenvalue weighted by atomic mass is 16.5. The monoisotopic (exact) mass is 327 g/mol. The lowest BCUT2D eigenvalue weighted by Crippen LogP contribution is -2.30. The van der Waals surface area contributed by atoms with Crippen LogP contribution in [-0.4, -0.2) is 35.1 Å². The van der Waals surface area contributed by atoms with E-state index in [2.05, 4.69) is 15.3 Å². The van der Waals surface area contributed by atoms with E-state index in [0.717, 1.165) is 24.8 Å². The van der Waals surface area contributed by atoms with Gasteiger partial charge in [-0.05, 0) is 43.2 Å². The summed E-state index contributed by atoms with van der Waals surface area (Å²) >= 11 is 0. The molecular formula is C18H21N3O3. The molecule has 1 amide bonds. The second-order valence-corrected chi connectivity index (χ2v) is 6.98. The predicted octanol–water partition coefficient (Wildman–Crippen LogP) is 2.00. The van der Waals surface area contributed by atoms with E-state index < -0.39 is 0 Å². The molecule has 1 atom stereocenters. The number of hydrogen-bond acceptors (Lipinski definition) is 4. The average Bonchev–Trinajstić information content (AvgIpc) is 3.00. The van der Waals surface area contributed by atoms with Gasteiger partial charge in [0.05, 0.1) is 12.7 Å². The minimum Gasteiger partial charge on any atom is -0.378 e. The number of nitrogens with one attached hydrogen (secondary N) is 2. The van der Waals surface area contributed by atoms with Gasteiger partial charge in [-0.15, -0.1) is 0 Å². The summed E-state index contributed by atoms with van der Waals surface area (Å²) in [7, 11) is 0. The van der Waals surface area contributed by atoms with Crippen LogP contribution in [0, 0.1) is 5.41 Å². The molecule has 0 bridgehead atoms. The van der Waals surface area contributed by atoms with Gasteiger partial charge in [0.1, 0.15) is 11.2 Å². The zero-order valence-electron chi connectivity index (χ0n) is 13.5. The number of fused-ring (bicyclic) bond motifs is 1. The number of amides is 1. The van der Waals surface area contributed by atoms with Crippen molar-refractivity contribution < 1.29 is 9.53 Å². The minimum atomic E-state index is -0.285. The predicted molar refractivity (Wildman–Crippen MR) is 90.0 cm³/mol. The van der Waals surface area contributed by atoms with Crippen LogP contribution in [0.2, 0.25) is 0 Å². The second-order valence-electron chi connectivity index (χ2n) is 6.98. The Labute approximate surface area is 139 Å². The molecule has 0 aromatic carbocycles. The zero-order chi connectivity index (χ0) is 16.6. The van der Waals surface area contributed by atoms with Crippen molar-refractivity contribution in [1.82, 2.24) is 15.3 Å². The Balaban J connectivity index is 1.35. The molecule has 6 heteroatoms. The Morgan fingerprint density at radius 3 is 3.00 bits per heavy atom. The smallest absolute Gasteiger partial charge is 0.274 e. The Morgan fingerprint density at radius 2 is 2.25 bits per heavy atom. The van der Waals surface area contributed by atoms with Crippen LogP contribution in [0.25, 0.3) is 10.9 Å². The maximum absolute atomic E-state index is 12.2. The number of hydrogen-bond donors (Lipinski definition) is 2. The molecular weight excluding hydrogens is 306 g/mol. The summed E-state index contributed by atoms with van der Waals surface area (Å²) in [5.74, 6) is -0.253. The number of carbonyl (C=O) groups excluding carboxylic acids is 1. The molecule has 2 fully saturated rings. The molecule has 1 saturated carbocycles. The number of ether oxygens (including phenoxy) is 1.